The standard InChI is InChI=1S/C30H31F2N5O.ClH/c1-20-12-21(8-10-34-20)16-36(25-5-3-11-35(19-25)24-4-2-9-33-15-24)17-22-18-37(23-6-7-23)29-14-28(32)27(31)13-26(29)30(22)38;/h2,4,8-10,12-15,18,23,25H,3,5-7,11,16-17,19H2,1H3;1H/t25-;/m0./s1. The van der Waals surface area contributed by atoms with E-state index < -0.39 is 11.6 Å². The van der Waals surface area contributed by atoms with E-state index >= 15 is 0 Å². The summed E-state index contributed by atoms with van der Waals surface area (Å²) in [5, 5.41) is 0.244. The number of hydrogen-bond donors (Lipinski definition) is 0. The molecule has 2 aliphatic rings. The van der Waals surface area contributed by atoms with Gasteiger partial charge >= 0.3 is 0 Å². The average Bonchev–Trinajstić information content (AvgIpc) is 3.77. The molecule has 1 saturated heterocycles. The molecule has 0 bridgehead atoms. The van der Waals surface area contributed by atoms with E-state index in [1.165, 1.54) is 6.07 Å². The highest BCUT2D eigenvalue weighted by atomic mass is 35.5. The summed E-state index contributed by atoms with van der Waals surface area (Å²) >= 11 is 0. The van der Waals surface area contributed by atoms with Crippen LogP contribution in [0.3, 0.4) is 0 Å². The van der Waals surface area contributed by atoms with Gasteiger partial charge in [0.1, 0.15) is 0 Å². The molecular formula is C30H32ClF2N5O. The summed E-state index contributed by atoms with van der Waals surface area (Å²) < 4.78 is 30.4. The number of pyridine rings is 3. The fraction of sp³-hybridized carbons (Fsp3) is 0.367. The highest BCUT2D eigenvalue weighted by Crippen LogP contribution is 2.37. The second-order valence-electron chi connectivity index (χ2n) is 10.6. The van der Waals surface area contributed by atoms with Gasteiger partial charge in [-0.15, -0.1) is 12.4 Å². The summed E-state index contributed by atoms with van der Waals surface area (Å²) in [4.78, 5) is 27.0. The molecule has 0 unspecified atom stereocenters. The molecule has 4 heterocycles. The third-order valence-electron chi connectivity index (χ3n) is 7.73. The van der Waals surface area contributed by atoms with Crippen LogP contribution >= 0.6 is 12.4 Å². The first-order chi connectivity index (χ1) is 18.5. The molecule has 4 aromatic rings. The molecule has 3 aromatic heterocycles. The van der Waals surface area contributed by atoms with Gasteiger partial charge in [0, 0.05) is 79.6 Å². The van der Waals surface area contributed by atoms with Crippen LogP contribution in [0.25, 0.3) is 10.9 Å². The van der Waals surface area contributed by atoms with Crippen molar-refractivity contribution >= 4 is 29.0 Å². The van der Waals surface area contributed by atoms with Crippen molar-refractivity contribution in [3.63, 3.8) is 0 Å². The molecule has 9 heteroatoms. The van der Waals surface area contributed by atoms with Crippen LogP contribution < -0.4 is 10.3 Å². The zero-order valence-electron chi connectivity index (χ0n) is 21.9. The lowest BCUT2D eigenvalue weighted by molar-refractivity contribution is 0.158. The molecule has 6 rings (SSSR count). The Bertz CT molecular complexity index is 1530. The fourth-order valence-electron chi connectivity index (χ4n) is 5.67. The second-order valence-corrected chi connectivity index (χ2v) is 10.6. The number of piperidine rings is 1. The summed E-state index contributed by atoms with van der Waals surface area (Å²) in [6.07, 6.45) is 11.3. The third kappa shape index (κ3) is 5.82. The third-order valence-corrected chi connectivity index (χ3v) is 7.73. The van der Waals surface area contributed by atoms with Crippen LogP contribution in [0.2, 0.25) is 0 Å². The molecule has 1 saturated carbocycles. The van der Waals surface area contributed by atoms with E-state index in [1.807, 2.05) is 42.2 Å². The van der Waals surface area contributed by atoms with Crippen molar-refractivity contribution in [2.45, 2.75) is 57.8 Å². The maximum absolute atomic E-state index is 14.2. The first-order valence-electron chi connectivity index (χ1n) is 13.3. The van der Waals surface area contributed by atoms with Gasteiger partial charge in [0.2, 0.25) is 0 Å². The highest BCUT2D eigenvalue weighted by Gasteiger charge is 2.29. The Hall–Kier alpha value is -3.36. The molecule has 39 heavy (non-hydrogen) atoms. The van der Waals surface area contributed by atoms with Crippen LogP contribution in [0.15, 0.2) is 66.0 Å². The number of aromatic nitrogens is 3. The molecule has 1 aliphatic heterocycles. The predicted octanol–water partition coefficient (Wildman–Crippen LogP) is 5.81. The molecule has 0 amide bonds. The van der Waals surface area contributed by atoms with Crippen molar-refractivity contribution in [3.05, 3.63) is 99.9 Å². The van der Waals surface area contributed by atoms with Gasteiger partial charge < -0.3 is 9.47 Å². The second kappa shape index (κ2) is 11.4. The Morgan fingerprint density at radius 1 is 1.05 bits per heavy atom. The molecule has 1 aromatic carbocycles. The SMILES string of the molecule is Cc1cc(CN(Cc2cn(C3CC3)c3cc(F)c(F)cc3c2=O)[C@H]2CCCN(c3cccnc3)C2)ccn1.Cl. The lowest BCUT2D eigenvalue weighted by Crippen LogP contribution is -2.48. The van der Waals surface area contributed by atoms with E-state index in [1.54, 1.807) is 6.20 Å². The normalized spacial score (nSPS) is 17.4. The van der Waals surface area contributed by atoms with Crippen molar-refractivity contribution in [2.24, 2.45) is 0 Å². The van der Waals surface area contributed by atoms with Crippen LogP contribution in [0, 0.1) is 18.6 Å². The molecule has 6 nitrogen and oxygen atoms in total. The van der Waals surface area contributed by atoms with Crippen molar-refractivity contribution in [1.29, 1.82) is 0 Å². The van der Waals surface area contributed by atoms with Gasteiger partial charge in [-0.2, -0.15) is 0 Å². The van der Waals surface area contributed by atoms with Crippen LogP contribution in [0.1, 0.15) is 48.5 Å². The van der Waals surface area contributed by atoms with E-state index in [-0.39, 0.29) is 35.3 Å². The number of fused-ring (bicyclic) bond motifs is 1. The topological polar surface area (TPSA) is 54.3 Å². The largest absolute Gasteiger partial charge is 0.369 e. The minimum Gasteiger partial charge on any atom is -0.369 e. The van der Waals surface area contributed by atoms with Gasteiger partial charge in [0.05, 0.1) is 17.4 Å². The quantitative estimate of drug-likeness (QED) is 0.290. The Kier molecular flexibility index (Phi) is 7.96. The molecule has 0 radical (unpaired) electrons. The van der Waals surface area contributed by atoms with E-state index in [9.17, 15) is 13.6 Å². The van der Waals surface area contributed by atoms with E-state index in [0.29, 0.717) is 24.2 Å². The van der Waals surface area contributed by atoms with E-state index in [0.717, 1.165) is 61.8 Å². The summed E-state index contributed by atoms with van der Waals surface area (Å²) in [7, 11) is 0. The van der Waals surface area contributed by atoms with E-state index in [2.05, 4.69) is 31.9 Å². The van der Waals surface area contributed by atoms with Crippen molar-refractivity contribution < 1.29 is 8.78 Å². The molecule has 2 fully saturated rings. The van der Waals surface area contributed by atoms with Crippen molar-refractivity contribution in [3.8, 4) is 0 Å². The molecular weight excluding hydrogens is 520 g/mol. The minimum absolute atomic E-state index is 0. The first kappa shape index (κ1) is 27.2. The van der Waals surface area contributed by atoms with E-state index in [4.69, 9.17) is 0 Å². The summed E-state index contributed by atoms with van der Waals surface area (Å²) in [6, 6.07) is 10.8. The van der Waals surface area contributed by atoms with Gasteiger partial charge in [-0.25, -0.2) is 8.78 Å². The summed E-state index contributed by atoms with van der Waals surface area (Å²) in [5.74, 6) is -1.91. The Labute approximate surface area is 232 Å². The van der Waals surface area contributed by atoms with Crippen LogP contribution in [0.4, 0.5) is 14.5 Å². The molecule has 204 valence electrons. The zero-order valence-corrected chi connectivity index (χ0v) is 22.7. The Balaban J connectivity index is 0.00000308. The number of hydrogen-bond acceptors (Lipinski definition) is 5. The van der Waals surface area contributed by atoms with Gasteiger partial charge in [-0.05, 0) is 68.5 Å². The monoisotopic (exact) mass is 551 g/mol. The lowest BCUT2D eigenvalue weighted by atomic mass is 10.0. The van der Waals surface area contributed by atoms with Gasteiger partial charge in [-0.1, -0.05) is 0 Å². The van der Waals surface area contributed by atoms with Crippen LogP contribution in [-0.2, 0) is 13.1 Å². The van der Waals surface area contributed by atoms with Crippen molar-refractivity contribution in [2.75, 3.05) is 18.0 Å². The summed E-state index contributed by atoms with van der Waals surface area (Å²) in [6.45, 7) is 4.84. The Morgan fingerprint density at radius 3 is 2.62 bits per heavy atom. The zero-order chi connectivity index (χ0) is 26.2. The Morgan fingerprint density at radius 2 is 1.87 bits per heavy atom. The molecule has 0 spiro atoms. The van der Waals surface area contributed by atoms with Crippen LogP contribution in [-0.4, -0.2) is 38.6 Å². The first-order valence-corrected chi connectivity index (χ1v) is 13.3. The molecule has 0 N–H and O–H groups in total. The number of benzene rings is 1. The maximum atomic E-state index is 14.2. The lowest BCUT2D eigenvalue weighted by Gasteiger charge is -2.40. The smallest absolute Gasteiger partial charge is 0.193 e. The average molecular weight is 552 g/mol. The summed E-state index contributed by atoms with van der Waals surface area (Å²) in [5.41, 5.74) is 4.02. The highest BCUT2D eigenvalue weighted by molar-refractivity contribution is 5.85. The number of rotatable bonds is 7. The molecule has 1 atom stereocenters. The fourth-order valence-corrected chi connectivity index (χ4v) is 5.67. The predicted molar refractivity (Wildman–Crippen MR) is 151 cm³/mol. The van der Waals surface area contributed by atoms with Crippen molar-refractivity contribution in [1.82, 2.24) is 19.4 Å². The number of nitrogens with zero attached hydrogens (tertiary/aromatic N) is 5. The van der Waals surface area contributed by atoms with Gasteiger partial charge in [0.15, 0.2) is 17.1 Å². The number of halogens is 3. The maximum Gasteiger partial charge on any atom is 0.193 e. The number of aryl methyl sites for hydroxylation is 1. The van der Waals surface area contributed by atoms with Crippen LogP contribution in [0.5, 0.6) is 0 Å². The van der Waals surface area contributed by atoms with Gasteiger partial charge in [-0.3, -0.25) is 19.7 Å². The minimum atomic E-state index is -0.988. The number of anilines is 1. The van der Waals surface area contributed by atoms with Gasteiger partial charge in [0.25, 0.3) is 0 Å². The molecule has 1 aliphatic carbocycles.